The third-order valence-corrected chi connectivity index (χ3v) is 0.0577. The first-order chi connectivity index (χ1) is 1.91. The number of nitrogens with zero attached hydrogens (tertiary/aromatic N) is 1. The van der Waals surface area contributed by atoms with Gasteiger partial charge >= 0.3 is 0 Å². The quantitative estimate of drug-likeness (QED) is 0.473. The Hall–Kier alpha value is -0.150. The molecule has 4 heteroatoms. The van der Waals surface area contributed by atoms with Crippen LogP contribution in [0.4, 0.5) is 0 Å². The van der Waals surface area contributed by atoms with E-state index >= 15 is 0 Å². The SMILES string of the molecule is Cl.O=NCO. The zero-order valence-electron chi connectivity index (χ0n) is 2.42. The molecule has 0 unspecified atom stereocenters. The molecule has 0 aromatic rings. The molecule has 1 N–H and O–H groups in total. The monoisotopic (exact) mass is 97.0 g/mol. The van der Waals surface area contributed by atoms with Gasteiger partial charge < -0.3 is 5.11 Å². The molecule has 0 saturated heterocycles. The highest BCUT2D eigenvalue weighted by atomic mass is 35.5. The lowest BCUT2D eigenvalue weighted by Crippen LogP contribution is -1.62. The van der Waals surface area contributed by atoms with E-state index in [1.165, 1.54) is 0 Å². The molecule has 0 atom stereocenters. The van der Waals surface area contributed by atoms with Crippen molar-refractivity contribution in [3.8, 4) is 0 Å². The second-order valence-corrected chi connectivity index (χ2v) is 0.271. The highest BCUT2D eigenvalue weighted by molar-refractivity contribution is 5.85. The van der Waals surface area contributed by atoms with Crippen molar-refractivity contribution >= 4 is 12.4 Å². The van der Waals surface area contributed by atoms with Gasteiger partial charge in [0.15, 0.2) is 6.73 Å². The van der Waals surface area contributed by atoms with Gasteiger partial charge in [-0.1, -0.05) is 0 Å². The second-order valence-electron chi connectivity index (χ2n) is 0.271. The normalized spacial score (nSPS) is 5.00. The Morgan fingerprint density at radius 3 is 2.00 bits per heavy atom. The summed E-state index contributed by atoms with van der Waals surface area (Å²) in [6.07, 6.45) is 0. The highest BCUT2D eigenvalue weighted by Crippen LogP contribution is 1.46. The highest BCUT2D eigenvalue weighted by Gasteiger charge is 1.51. The first-order valence-corrected chi connectivity index (χ1v) is 0.815. The Labute approximate surface area is 35.4 Å². The van der Waals surface area contributed by atoms with Gasteiger partial charge in [-0.05, 0) is 5.18 Å². The van der Waals surface area contributed by atoms with Gasteiger partial charge in [-0.25, -0.2) is 0 Å². The molecule has 0 rings (SSSR count). The Bertz CT molecular complexity index is 23.6. The van der Waals surface area contributed by atoms with E-state index in [4.69, 9.17) is 10.0 Å². The average molecular weight is 97.5 g/mol. The van der Waals surface area contributed by atoms with Gasteiger partial charge in [-0.2, -0.15) is 0 Å². The average Bonchev–Trinajstić information content (AvgIpc) is 1.37. The third-order valence-electron chi connectivity index (χ3n) is 0.0577. The van der Waals surface area contributed by atoms with Crippen molar-refractivity contribution in [2.45, 2.75) is 0 Å². The molecule has 0 saturated carbocycles. The number of halogens is 1. The van der Waals surface area contributed by atoms with Gasteiger partial charge in [0.1, 0.15) is 0 Å². The van der Waals surface area contributed by atoms with Gasteiger partial charge in [0.05, 0.1) is 0 Å². The van der Waals surface area contributed by atoms with Crippen LogP contribution in [0, 0.1) is 4.91 Å². The number of aliphatic hydroxyl groups excluding tert-OH is 1. The predicted octanol–water partition coefficient (Wildman–Crippen LogP) is 0.124. The fourth-order valence-electron chi connectivity index (χ4n) is 0. The minimum atomic E-state index is -0.611. The lowest BCUT2D eigenvalue weighted by molar-refractivity contribution is 0.307. The molecule has 0 heterocycles. The number of aliphatic hydroxyl groups is 1. The van der Waals surface area contributed by atoms with Gasteiger partial charge in [-0.3, -0.25) is 0 Å². The van der Waals surface area contributed by atoms with Gasteiger partial charge in [-0.15, -0.1) is 17.3 Å². The van der Waals surface area contributed by atoms with Crippen LogP contribution in [0.25, 0.3) is 0 Å². The molecule has 0 spiro atoms. The molecule has 0 aliphatic heterocycles. The summed E-state index contributed by atoms with van der Waals surface area (Å²) in [5.74, 6) is 0. The standard InChI is InChI=1S/CH3NO2.ClH/c3-1-2-4;/h3H,1H2;1H. The van der Waals surface area contributed by atoms with Crippen molar-refractivity contribution in [2.75, 3.05) is 6.73 Å². The number of rotatable bonds is 1. The van der Waals surface area contributed by atoms with Crippen LogP contribution in [-0.2, 0) is 0 Å². The maximum atomic E-state index is 8.67. The third kappa shape index (κ3) is 18.2. The summed E-state index contributed by atoms with van der Waals surface area (Å²) < 4.78 is 0. The van der Waals surface area contributed by atoms with Gasteiger partial charge in [0, 0.05) is 0 Å². The second kappa shape index (κ2) is 9.14. The minimum absolute atomic E-state index is 0. The van der Waals surface area contributed by atoms with Crippen molar-refractivity contribution in [1.29, 1.82) is 0 Å². The Morgan fingerprint density at radius 2 is 2.00 bits per heavy atom. The Morgan fingerprint density at radius 1 is 1.80 bits per heavy atom. The summed E-state index contributed by atoms with van der Waals surface area (Å²) in [5, 5.41) is 9.44. The fraction of sp³-hybridized carbons (Fsp3) is 1.00. The van der Waals surface area contributed by atoms with E-state index in [1.807, 2.05) is 5.18 Å². The lowest BCUT2D eigenvalue weighted by Gasteiger charge is -1.55. The van der Waals surface area contributed by atoms with E-state index in [9.17, 15) is 0 Å². The molecular formula is CH4ClNO2. The first kappa shape index (κ1) is 8.85. The van der Waals surface area contributed by atoms with Crippen molar-refractivity contribution in [1.82, 2.24) is 0 Å². The summed E-state index contributed by atoms with van der Waals surface area (Å²) in [6.45, 7) is -0.611. The van der Waals surface area contributed by atoms with Crippen molar-refractivity contribution in [3.05, 3.63) is 4.91 Å². The van der Waals surface area contributed by atoms with Crippen LogP contribution >= 0.6 is 12.4 Å². The number of nitroso groups, excluding NO2 is 1. The molecule has 0 aliphatic carbocycles. The summed E-state index contributed by atoms with van der Waals surface area (Å²) in [7, 11) is 0. The number of hydrogen-bond acceptors (Lipinski definition) is 3. The molecule has 0 fully saturated rings. The number of hydrogen-bond donors (Lipinski definition) is 1. The minimum Gasteiger partial charge on any atom is -0.371 e. The smallest absolute Gasteiger partial charge is 0.176 e. The molecule has 0 aromatic carbocycles. The van der Waals surface area contributed by atoms with E-state index < -0.39 is 6.73 Å². The van der Waals surface area contributed by atoms with Crippen LogP contribution in [0.1, 0.15) is 0 Å². The van der Waals surface area contributed by atoms with Crippen LogP contribution in [0.15, 0.2) is 5.18 Å². The maximum Gasteiger partial charge on any atom is 0.176 e. The van der Waals surface area contributed by atoms with Gasteiger partial charge in [0.25, 0.3) is 0 Å². The topological polar surface area (TPSA) is 49.7 Å². The van der Waals surface area contributed by atoms with E-state index in [0.717, 1.165) is 0 Å². The summed E-state index contributed by atoms with van der Waals surface area (Å²) in [6, 6.07) is 0. The summed E-state index contributed by atoms with van der Waals surface area (Å²) in [5.41, 5.74) is 0. The molecular weight excluding hydrogens is 93.5 g/mol. The van der Waals surface area contributed by atoms with Crippen LogP contribution in [-0.4, -0.2) is 11.8 Å². The molecule has 0 aromatic heterocycles. The van der Waals surface area contributed by atoms with Crippen LogP contribution in [0.5, 0.6) is 0 Å². The van der Waals surface area contributed by atoms with E-state index in [2.05, 4.69) is 0 Å². The van der Waals surface area contributed by atoms with Crippen LogP contribution < -0.4 is 0 Å². The van der Waals surface area contributed by atoms with Crippen LogP contribution in [0.2, 0.25) is 0 Å². The fourth-order valence-corrected chi connectivity index (χ4v) is 0. The molecule has 0 amide bonds. The van der Waals surface area contributed by atoms with Crippen LogP contribution in [0.3, 0.4) is 0 Å². The molecule has 5 heavy (non-hydrogen) atoms. The zero-order chi connectivity index (χ0) is 3.41. The van der Waals surface area contributed by atoms with Gasteiger partial charge in [0.2, 0.25) is 0 Å². The van der Waals surface area contributed by atoms with Crippen molar-refractivity contribution < 1.29 is 5.11 Å². The molecule has 3 nitrogen and oxygen atoms in total. The zero-order valence-corrected chi connectivity index (χ0v) is 3.23. The molecule has 0 bridgehead atoms. The van der Waals surface area contributed by atoms with E-state index in [1.54, 1.807) is 0 Å². The summed E-state index contributed by atoms with van der Waals surface area (Å²) in [4.78, 5) is 8.67. The molecule has 32 valence electrons. The predicted molar refractivity (Wildman–Crippen MR) is 20.1 cm³/mol. The lowest BCUT2D eigenvalue weighted by atomic mass is 11.4. The molecule has 0 aliphatic rings. The Kier molecular flexibility index (Phi) is 16.2. The molecule has 0 radical (unpaired) electrons. The van der Waals surface area contributed by atoms with E-state index in [0.29, 0.717) is 0 Å². The van der Waals surface area contributed by atoms with Crippen molar-refractivity contribution in [3.63, 3.8) is 0 Å². The summed E-state index contributed by atoms with van der Waals surface area (Å²) >= 11 is 0. The van der Waals surface area contributed by atoms with Crippen molar-refractivity contribution in [2.24, 2.45) is 5.18 Å². The first-order valence-electron chi connectivity index (χ1n) is 0.815. The Balaban J connectivity index is 0. The maximum absolute atomic E-state index is 8.67. The largest absolute Gasteiger partial charge is 0.371 e. The van der Waals surface area contributed by atoms with E-state index in [-0.39, 0.29) is 12.4 Å².